The molecule has 1 saturated heterocycles. The molecule has 54 heavy (non-hydrogen) atoms. The van der Waals surface area contributed by atoms with Crippen molar-refractivity contribution in [3.63, 3.8) is 0 Å². The molecule has 8 N–H and O–H groups in total. The van der Waals surface area contributed by atoms with E-state index in [0.717, 1.165) is 38.5 Å². The number of rotatable bonds is 35. The van der Waals surface area contributed by atoms with E-state index in [1.807, 2.05) is 0 Å². The molecule has 0 aromatic rings. The van der Waals surface area contributed by atoms with E-state index in [-0.39, 0.29) is 6.42 Å². The topological polar surface area (TPSA) is 198 Å². The number of hydrogen-bond acceptors (Lipinski definition) is 10. The number of aliphatic hydroxyl groups is 6. The maximum Gasteiger partial charge on any atom is 0.249 e. The van der Waals surface area contributed by atoms with Gasteiger partial charge >= 0.3 is 0 Å². The molecule has 12 heteroatoms. The summed E-state index contributed by atoms with van der Waals surface area (Å²) >= 11 is 0. The highest BCUT2D eigenvalue weighted by molar-refractivity contribution is 5.80. The number of hydrogen-bond donors (Lipinski definition) is 8. The minimum atomic E-state index is -1.53. The van der Waals surface area contributed by atoms with Crippen LogP contribution in [0.1, 0.15) is 188 Å². The van der Waals surface area contributed by atoms with E-state index in [4.69, 9.17) is 9.47 Å². The van der Waals surface area contributed by atoms with Gasteiger partial charge < -0.3 is 50.7 Å². The van der Waals surface area contributed by atoms with Gasteiger partial charge in [0.2, 0.25) is 11.8 Å². The monoisotopic (exact) mass is 775 g/mol. The summed E-state index contributed by atoms with van der Waals surface area (Å²) in [5.74, 6) is -1.22. The van der Waals surface area contributed by atoms with Crippen LogP contribution in [0.25, 0.3) is 0 Å². The summed E-state index contributed by atoms with van der Waals surface area (Å²) in [5, 5.41) is 68.8. The molecule has 0 unspecified atom stereocenters. The molecule has 1 aliphatic heterocycles. The maximum absolute atomic E-state index is 13.1. The fourth-order valence-corrected chi connectivity index (χ4v) is 7.26. The van der Waals surface area contributed by atoms with Crippen molar-refractivity contribution in [1.82, 2.24) is 10.6 Å². The largest absolute Gasteiger partial charge is 0.394 e. The first-order valence-electron chi connectivity index (χ1n) is 21.9. The maximum atomic E-state index is 13.1. The lowest BCUT2D eigenvalue weighted by molar-refractivity contribution is -0.272. The highest BCUT2D eigenvalue weighted by atomic mass is 16.7. The molecular formula is C42H82N2O10. The molecule has 320 valence electrons. The van der Waals surface area contributed by atoms with E-state index < -0.39 is 80.0 Å². The van der Waals surface area contributed by atoms with Crippen LogP contribution in [0.4, 0.5) is 0 Å². The van der Waals surface area contributed by atoms with Gasteiger partial charge in [-0.05, 0) is 12.8 Å². The van der Waals surface area contributed by atoms with Crippen LogP contribution >= 0.6 is 0 Å². The van der Waals surface area contributed by atoms with Crippen LogP contribution in [0.5, 0.6) is 0 Å². The van der Waals surface area contributed by atoms with Crippen molar-refractivity contribution in [3.8, 4) is 0 Å². The van der Waals surface area contributed by atoms with Crippen molar-refractivity contribution in [2.45, 2.75) is 243 Å². The Morgan fingerprint density at radius 3 is 1.50 bits per heavy atom. The molecule has 0 aromatic heterocycles. The molecule has 0 spiro atoms. The van der Waals surface area contributed by atoms with Gasteiger partial charge in [-0.25, -0.2) is 0 Å². The number of carbonyl (C=O) groups is 2. The van der Waals surface area contributed by atoms with Crippen LogP contribution in [0.3, 0.4) is 0 Å². The van der Waals surface area contributed by atoms with Crippen molar-refractivity contribution < 1.29 is 49.7 Å². The van der Waals surface area contributed by atoms with Crippen LogP contribution in [0.2, 0.25) is 0 Å². The minimum Gasteiger partial charge on any atom is -0.394 e. The lowest BCUT2D eigenvalue weighted by atomic mass is 9.96. The highest BCUT2D eigenvalue weighted by Crippen LogP contribution is 2.23. The summed E-state index contributed by atoms with van der Waals surface area (Å²) in [5.41, 5.74) is 0. The first kappa shape index (κ1) is 50.6. The lowest BCUT2D eigenvalue weighted by Gasteiger charge is -2.42. The zero-order valence-electron chi connectivity index (χ0n) is 34.3. The molecule has 0 radical (unpaired) electrons. The van der Waals surface area contributed by atoms with Gasteiger partial charge in [-0.15, -0.1) is 0 Å². The predicted molar refractivity (Wildman–Crippen MR) is 213 cm³/mol. The molecule has 1 fully saturated rings. The lowest BCUT2D eigenvalue weighted by Crippen LogP contribution is -2.65. The van der Waals surface area contributed by atoms with E-state index in [1.165, 1.54) is 110 Å². The molecule has 0 aromatic carbocycles. The molecule has 0 bridgehead atoms. The smallest absolute Gasteiger partial charge is 0.249 e. The van der Waals surface area contributed by atoms with E-state index >= 15 is 0 Å². The fraction of sp³-hybridized carbons (Fsp3) is 0.952. The van der Waals surface area contributed by atoms with Crippen LogP contribution in [0.15, 0.2) is 0 Å². The van der Waals surface area contributed by atoms with E-state index in [9.17, 15) is 40.2 Å². The van der Waals surface area contributed by atoms with Gasteiger partial charge in [0, 0.05) is 6.92 Å². The van der Waals surface area contributed by atoms with E-state index in [1.54, 1.807) is 0 Å². The van der Waals surface area contributed by atoms with Crippen molar-refractivity contribution in [3.05, 3.63) is 0 Å². The molecule has 1 rings (SSSR count). The number of carbonyl (C=O) groups excluding carboxylic acids is 2. The Kier molecular flexibility index (Phi) is 30.6. The van der Waals surface area contributed by atoms with Gasteiger partial charge in [0.15, 0.2) is 6.29 Å². The SMILES string of the molecule is CCCCCCCCCCCCCC[C@@H](O)C(=O)N[C@@H](CO[C@@H]1O[C@H](CO)[C@@H](O)[C@H](O)[C@H]1NC(C)=O)[C@H](O)[C@H](O)CCCCCCCCCCCCCC. The number of aliphatic hydroxyl groups excluding tert-OH is 6. The second-order valence-electron chi connectivity index (χ2n) is 15.8. The average molecular weight is 775 g/mol. The normalized spacial score (nSPS) is 22.4. The molecular weight excluding hydrogens is 692 g/mol. The number of amides is 2. The molecule has 1 heterocycles. The molecule has 1 aliphatic rings. The molecule has 0 aliphatic carbocycles. The fourth-order valence-electron chi connectivity index (χ4n) is 7.26. The second-order valence-corrected chi connectivity index (χ2v) is 15.8. The minimum absolute atomic E-state index is 0.257. The average Bonchev–Trinajstić information content (AvgIpc) is 3.15. The van der Waals surface area contributed by atoms with Gasteiger partial charge in [-0.2, -0.15) is 0 Å². The van der Waals surface area contributed by atoms with Crippen molar-refractivity contribution in [2.75, 3.05) is 13.2 Å². The Balaban J connectivity index is 2.67. The van der Waals surface area contributed by atoms with Crippen LogP contribution in [-0.2, 0) is 19.1 Å². The Morgan fingerprint density at radius 2 is 1.07 bits per heavy atom. The quantitative estimate of drug-likeness (QED) is 0.0370. The second kappa shape index (κ2) is 32.7. The van der Waals surface area contributed by atoms with Gasteiger partial charge in [0.25, 0.3) is 0 Å². The molecule has 12 nitrogen and oxygen atoms in total. The highest BCUT2D eigenvalue weighted by Gasteiger charge is 2.46. The van der Waals surface area contributed by atoms with Gasteiger partial charge in [0.05, 0.1) is 25.4 Å². The Bertz CT molecular complexity index is 914. The standard InChI is InChI=1S/C42H82N2O10/c1-4-6-8-10-12-14-16-18-20-22-24-26-28-34(47)38(49)33(31-53-42-37(43-32(3)46)40(51)39(50)36(30-45)54-42)44-41(52)35(48)29-27-25-23-21-19-17-15-13-11-9-7-5-2/h33-40,42,45,47-51H,4-31H2,1-3H3,(H,43,46)(H,44,52)/t33-,34+,35+,36+,37+,38-,39+,40+,42+/m0/s1. The first-order chi connectivity index (χ1) is 26.1. The molecule has 0 saturated carbocycles. The van der Waals surface area contributed by atoms with Crippen LogP contribution in [-0.4, -0.2) is 111 Å². The van der Waals surface area contributed by atoms with Crippen molar-refractivity contribution in [1.29, 1.82) is 0 Å². The van der Waals surface area contributed by atoms with Crippen molar-refractivity contribution >= 4 is 11.8 Å². The summed E-state index contributed by atoms with van der Waals surface area (Å²) < 4.78 is 11.5. The predicted octanol–water partition coefficient (Wildman–Crippen LogP) is 5.70. The van der Waals surface area contributed by atoms with Gasteiger partial charge in [-0.3, -0.25) is 9.59 Å². The number of unbranched alkanes of at least 4 members (excludes halogenated alkanes) is 22. The molecule has 9 atom stereocenters. The van der Waals surface area contributed by atoms with Gasteiger partial charge in [-0.1, -0.05) is 168 Å². The summed E-state index contributed by atoms with van der Waals surface area (Å²) in [6, 6.07) is -2.38. The van der Waals surface area contributed by atoms with Crippen molar-refractivity contribution in [2.24, 2.45) is 0 Å². The third kappa shape index (κ3) is 23.0. The first-order valence-corrected chi connectivity index (χ1v) is 21.9. The van der Waals surface area contributed by atoms with Crippen LogP contribution in [0, 0.1) is 0 Å². The number of ether oxygens (including phenoxy) is 2. The summed E-state index contributed by atoms with van der Waals surface area (Å²) in [6.45, 7) is 4.65. The third-order valence-corrected chi connectivity index (χ3v) is 10.8. The summed E-state index contributed by atoms with van der Waals surface area (Å²) in [6.07, 6.45) is 19.0. The molecule has 2 amide bonds. The van der Waals surface area contributed by atoms with Gasteiger partial charge in [0.1, 0.15) is 36.6 Å². The summed E-state index contributed by atoms with van der Waals surface area (Å²) in [7, 11) is 0. The zero-order valence-corrected chi connectivity index (χ0v) is 34.3. The third-order valence-electron chi connectivity index (χ3n) is 10.8. The number of nitrogens with one attached hydrogen (secondary N) is 2. The Hall–Kier alpha value is -1.38. The zero-order chi connectivity index (χ0) is 40.0. The Morgan fingerprint density at radius 1 is 0.648 bits per heavy atom. The van der Waals surface area contributed by atoms with E-state index in [2.05, 4.69) is 24.5 Å². The van der Waals surface area contributed by atoms with Crippen LogP contribution < -0.4 is 10.6 Å². The Labute approximate surface area is 327 Å². The van der Waals surface area contributed by atoms with E-state index in [0.29, 0.717) is 19.3 Å². The summed E-state index contributed by atoms with van der Waals surface area (Å²) in [4.78, 5) is 25.0.